The molecule has 1 unspecified atom stereocenters. The summed E-state index contributed by atoms with van der Waals surface area (Å²) in [6.45, 7) is -0.0142. The van der Waals surface area contributed by atoms with Crippen LogP contribution in [0, 0.1) is 0 Å². The van der Waals surface area contributed by atoms with E-state index in [1.807, 2.05) is 30.3 Å². The molecule has 0 bridgehead atoms. The molecule has 0 spiro atoms. The van der Waals surface area contributed by atoms with Gasteiger partial charge < -0.3 is 34.9 Å². The standard InChI is InChI=1S/C29H29NO8/c1-35-25-17-21(9-6-14-37-27(33)13-11-20-10-12-23(31)24(32)16-20)18-26(36-2)28(25)38-29(34)22(30)15-19-7-4-3-5-8-19/h3-13,16-18,22,31-32H,14-15,30H2,1-2H3/b9-6+,13-11+. The summed E-state index contributed by atoms with van der Waals surface area (Å²) in [5, 5.41) is 18.8. The number of nitrogens with two attached hydrogens (primary N) is 1. The lowest BCUT2D eigenvalue weighted by Gasteiger charge is -2.16. The number of esters is 2. The molecule has 0 saturated heterocycles. The van der Waals surface area contributed by atoms with Gasteiger partial charge in [0.2, 0.25) is 5.75 Å². The zero-order chi connectivity index (χ0) is 27.5. The molecule has 4 N–H and O–H groups in total. The van der Waals surface area contributed by atoms with Crippen LogP contribution in [-0.4, -0.2) is 49.0 Å². The van der Waals surface area contributed by atoms with Gasteiger partial charge in [0.1, 0.15) is 12.6 Å². The number of phenolic OH excluding ortho intramolecular Hbond substituents is 2. The Bertz CT molecular complexity index is 1290. The highest BCUT2D eigenvalue weighted by molar-refractivity contribution is 5.87. The summed E-state index contributed by atoms with van der Waals surface area (Å²) in [5.74, 6) is -1.12. The summed E-state index contributed by atoms with van der Waals surface area (Å²) in [6.07, 6.45) is 6.28. The zero-order valence-electron chi connectivity index (χ0n) is 21.0. The van der Waals surface area contributed by atoms with Gasteiger partial charge in [0, 0.05) is 6.08 Å². The molecule has 0 aliphatic heterocycles. The van der Waals surface area contributed by atoms with E-state index >= 15 is 0 Å². The van der Waals surface area contributed by atoms with Crippen molar-refractivity contribution in [2.45, 2.75) is 12.5 Å². The molecule has 9 heteroatoms. The Hall–Kier alpha value is -4.76. The van der Waals surface area contributed by atoms with E-state index in [0.717, 1.165) is 5.56 Å². The minimum absolute atomic E-state index is 0.0142. The van der Waals surface area contributed by atoms with Gasteiger partial charge in [-0.25, -0.2) is 9.59 Å². The van der Waals surface area contributed by atoms with E-state index in [2.05, 4.69) is 0 Å². The quantitative estimate of drug-likeness (QED) is 0.149. The Morgan fingerprint density at radius 1 is 0.895 bits per heavy atom. The number of rotatable bonds is 11. The van der Waals surface area contributed by atoms with Gasteiger partial charge in [-0.1, -0.05) is 42.5 Å². The van der Waals surface area contributed by atoms with Gasteiger partial charge in [0.05, 0.1) is 14.2 Å². The molecule has 198 valence electrons. The van der Waals surface area contributed by atoms with Crippen molar-refractivity contribution in [3.05, 3.63) is 89.5 Å². The number of aromatic hydroxyl groups is 2. The molecule has 0 fully saturated rings. The zero-order valence-corrected chi connectivity index (χ0v) is 21.0. The van der Waals surface area contributed by atoms with Crippen LogP contribution in [0.1, 0.15) is 16.7 Å². The first-order valence-electron chi connectivity index (χ1n) is 11.6. The van der Waals surface area contributed by atoms with Crippen molar-refractivity contribution in [2.24, 2.45) is 5.73 Å². The summed E-state index contributed by atoms with van der Waals surface area (Å²) in [5.41, 5.74) is 8.13. The Kier molecular flexibility index (Phi) is 9.90. The largest absolute Gasteiger partial charge is 0.504 e. The van der Waals surface area contributed by atoms with E-state index < -0.39 is 18.0 Å². The highest BCUT2D eigenvalue weighted by Crippen LogP contribution is 2.39. The highest BCUT2D eigenvalue weighted by atomic mass is 16.6. The van der Waals surface area contributed by atoms with Crippen molar-refractivity contribution >= 4 is 24.1 Å². The van der Waals surface area contributed by atoms with Crippen LogP contribution in [0.2, 0.25) is 0 Å². The van der Waals surface area contributed by atoms with Crippen LogP contribution in [0.15, 0.2) is 72.8 Å². The molecular weight excluding hydrogens is 490 g/mol. The van der Waals surface area contributed by atoms with E-state index in [-0.39, 0.29) is 35.4 Å². The van der Waals surface area contributed by atoms with Crippen LogP contribution in [0.5, 0.6) is 28.7 Å². The lowest BCUT2D eigenvalue weighted by molar-refractivity contribution is -0.137. The van der Waals surface area contributed by atoms with Crippen LogP contribution >= 0.6 is 0 Å². The second-order valence-corrected chi connectivity index (χ2v) is 8.09. The van der Waals surface area contributed by atoms with E-state index in [0.29, 0.717) is 17.5 Å². The van der Waals surface area contributed by atoms with Crippen LogP contribution in [0.4, 0.5) is 0 Å². The van der Waals surface area contributed by atoms with Gasteiger partial charge in [-0.2, -0.15) is 0 Å². The van der Waals surface area contributed by atoms with Crippen molar-refractivity contribution in [1.29, 1.82) is 0 Å². The third-order valence-electron chi connectivity index (χ3n) is 5.33. The molecule has 0 aromatic heterocycles. The summed E-state index contributed by atoms with van der Waals surface area (Å²) in [6, 6.07) is 16.0. The molecule has 3 rings (SSSR count). The molecule has 0 radical (unpaired) electrons. The third-order valence-corrected chi connectivity index (χ3v) is 5.33. The van der Waals surface area contributed by atoms with Crippen LogP contribution in [-0.2, 0) is 20.7 Å². The van der Waals surface area contributed by atoms with E-state index in [9.17, 15) is 19.8 Å². The minimum Gasteiger partial charge on any atom is -0.504 e. The number of carbonyl (C=O) groups is 2. The van der Waals surface area contributed by atoms with E-state index in [4.69, 9.17) is 24.7 Å². The summed E-state index contributed by atoms with van der Waals surface area (Å²) in [4.78, 5) is 24.6. The summed E-state index contributed by atoms with van der Waals surface area (Å²) < 4.78 is 21.5. The van der Waals surface area contributed by atoms with Gasteiger partial charge in [-0.3, -0.25) is 0 Å². The number of phenols is 2. The second-order valence-electron chi connectivity index (χ2n) is 8.09. The average molecular weight is 520 g/mol. The SMILES string of the molecule is COc1cc(/C=C/COC(=O)/C=C/c2ccc(O)c(O)c2)cc(OC)c1OC(=O)C(N)Cc1ccccc1. The van der Waals surface area contributed by atoms with Crippen molar-refractivity contribution < 1.29 is 38.7 Å². The molecule has 0 saturated carbocycles. The van der Waals surface area contributed by atoms with Crippen LogP contribution in [0.3, 0.4) is 0 Å². The van der Waals surface area contributed by atoms with Gasteiger partial charge in [0.25, 0.3) is 0 Å². The summed E-state index contributed by atoms with van der Waals surface area (Å²) >= 11 is 0. The molecular formula is C29H29NO8. The number of methoxy groups -OCH3 is 2. The molecule has 0 amide bonds. The smallest absolute Gasteiger partial charge is 0.331 e. The lowest BCUT2D eigenvalue weighted by atomic mass is 10.1. The first-order chi connectivity index (χ1) is 18.3. The van der Waals surface area contributed by atoms with Gasteiger partial charge in [-0.05, 0) is 59.5 Å². The van der Waals surface area contributed by atoms with Gasteiger partial charge in [0.15, 0.2) is 23.0 Å². The second kappa shape index (κ2) is 13.5. The van der Waals surface area contributed by atoms with Crippen LogP contribution < -0.4 is 19.9 Å². The number of carbonyl (C=O) groups excluding carboxylic acids is 2. The number of hydrogen-bond donors (Lipinski definition) is 3. The molecule has 9 nitrogen and oxygen atoms in total. The molecule has 0 heterocycles. The average Bonchev–Trinajstić information content (AvgIpc) is 2.92. The monoisotopic (exact) mass is 519 g/mol. The fraction of sp³-hybridized carbons (Fsp3) is 0.172. The predicted octanol–water partition coefficient (Wildman–Crippen LogP) is 3.86. The lowest BCUT2D eigenvalue weighted by Crippen LogP contribution is -2.36. The number of ether oxygens (including phenoxy) is 4. The van der Waals surface area contributed by atoms with Crippen LogP contribution in [0.25, 0.3) is 12.2 Å². The predicted molar refractivity (Wildman–Crippen MR) is 142 cm³/mol. The van der Waals surface area contributed by atoms with Crippen molar-refractivity contribution in [2.75, 3.05) is 20.8 Å². The van der Waals surface area contributed by atoms with E-state index in [1.165, 1.54) is 44.6 Å². The molecule has 3 aromatic rings. The van der Waals surface area contributed by atoms with Crippen molar-refractivity contribution in [1.82, 2.24) is 0 Å². The molecule has 38 heavy (non-hydrogen) atoms. The Morgan fingerprint density at radius 3 is 2.21 bits per heavy atom. The maximum absolute atomic E-state index is 12.6. The fourth-order valence-corrected chi connectivity index (χ4v) is 3.40. The van der Waals surface area contributed by atoms with E-state index in [1.54, 1.807) is 24.3 Å². The molecule has 0 aliphatic carbocycles. The minimum atomic E-state index is -0.880. The Labute approximate surface area is 220 Å². The summed E-state index contributed by atoms with van der Waals surface area (Å²) in [7, 11) is 2.87. The Balaban J connectivity index is 1.61. The normalized spacial score (nSPS) is 11.9. The fourth-order valence-electron chi connectivity index (χ4n) is 3.40. The Morgan fingerprint density at radius 2 is 1.58 bits per heavy atom. The number of benzene rings is 3. The van der Waals surface area contributed by atoms with Gasteiger partial charge in [-0.15, -0.1) is 0 Å². The van der Waals surface area contributed by atoms with Crippen molar-refractivity contribution in [3.8, 4) is 28.7 Å². The first kappa shape index (κ1) is 27.8. The number of hydrogen-bond acceptors (Lipinski definition) is 9. The van der Waals surface area contributed by atoms with Crippen molar-refractivity contribution in [3.63, 3.8) is 0 Å². The molecule has 0 aliphatic rings. The maximum atomic E-state index is 12.6. The highest BCUT2D eigenvalue weighted by Gasteiger charge is 2.22. The molecule has 1 atom stereocenters. The maximum Gasteiger partial charge on any atom is 0.331 e. The van der Waals surface area contributed by atoms with Gasteiger partial charge >= 0.3 is 11.9 Å². The first-order valence-corrected chi connectivity index (χ1v) is 11.6. The third kappa shape index (κ3) is 7.87. The molecule has 3 aromatic carbocycles. The topological polar surface area (TPSA) is 138 Å².